The lowest BCUT2D eigenvalue weighted by Gasteiger charge is -2.25. The predicted molar refractivity (Wildman–Crippen MR) is 93.1 cm³/mol. The van der Waals surface area contributed by atoms with Crippen molar-refractivity contribution >= 4 is 0 Å². The largest absolute Gasteiger partial charge is 0.454 e. The summed E-state index contributed by atoms with van der Waals surface area (Å²) in [5, 5.41) is 7.79. The van der Waals surface area contributed by atoms with Gasteiger partial charge in [0.05, 0.1) is 5.69 Å². The Labute approximate surface area is 142 Å². The average molecular weight is 325 g/mol. The number of nitrogens with zero attached hydrogens (tertiary/aromatic N) is 2. The molecule has 2 aliphatic rings. The molecule has 5 heteroatoms. The Morgan fingerprint density at radius 1 is 1.29 bits per heavy atom. The highest BCUT2D eigenvalue weighted by Gasteiger charge is 2.23. The number of fused-ring (bicyclic) bond motifs is 2. The second-order valence-corrected chi connectivity index (χ2v) is 6.75. The Kier molecular flexibility index (Phi) is 4.02. The lowest BCUT2D eigenvalue weighted by molar-refractivity contribution is 0.174. The average Bonchev–Trinajstić information content (AvgIpc) is 3.20. The summed E-state index contributed by atoms with van der Waals surface area (Å²) in [6, 6.07) is 6.04. The Balaban J connectivity index is 1.56. The SMILES string of the molecule is CC(C)C=CCN1CCc2[nH]nc(-c3ccc4c(c3)OCO4)c2C1. The van der Waals surface area contributed by atoms with Crippen molar-refractivity contribution in [2.45, 2.75) is 26.8 Å². The lowest BCUT2D eigenvalue weighted by atomic mass is 10.0. The number of rotatable bonds is 4. The molecule has 0 bridgehead atoms. The van der Waals surface area contributed by atoms with Crippen LogP contribution in [0.4, 0.5) is 0 Å². The summed E-state index contributed by atoms with van der Waals surface area (Å²) in [5.74, 6) is 2.21. The first-order valence-electron chi connectivity index (χ1n) is 8.56. The van der Waals surface area contributed by atoms with Crippen molar-refractivity contribution in [1.82, 2.24) is 15.1 Å². The van der Waals surface area contributed by atoms with Gasteiger partial charge in [-0.05, 0) is 24.1 Å². The fourth-order valence-electron chi connectivity index (χ4n) is 3.27. The fourth-order valence-corrected chi connectivity index (χ4v) is 3.27. The molecule has 126 valence electrons. The zero-order chi connectivity index (χ0) is 16.5. The first-order valence-corrected chi connectivity index (χ1v) is 8.56. The van der Waals surface area contributed by atoms with Crippen LogP contribution >= 0.6 is 0 Å². The van der Waals surface area contributed by atoms with Crippen LogP contribution in [0.15, 0.2) is 30.4 Å². The highest BCUT2D eigenvalue weighted by Crippen LogP contribution is 2.37. The van der Waals surface area contributed by atoms with E-state index < -0.39 is 0 Å². The molecule has 0 fully saturated rings. The number of hydrogen-bond acceptors (Lipinski definition) is 4. The summed E-state index contributed by atoms with van der Waals surface area (Å²) in [7, 11) is 0. The van der Waals surface area contributed by atoms with E-state index in [1.54, 1.807) is 0 Å². The minimum atomic E-state index is 0.299. The van der Waals surface area contributed by atoms with Gasteiger partial charge in [-0.3, -0.25) is 10.00 Å². The maximum absolute atomic E-state index is 5.50. The zero-order valence-electron chi connectivity index (χ0n) is 14.2. The number of nitrogens with one attached hydrogen (secondary N) is 1. The number of hydrogen-bond donors (Lipinski definition) is 1. The van der Waals surface area contributed by atoms with Gasteiger partial charge in [-0.15, -0.1) is 0 Å². The van der Waals surface area contributed by atoms with E-state index in [1.807, 2.05) is 12.1 Å². The highest BCUT2D eigenvalue weighted by atomic mass is 16.7. The maximum Gasteiger partial charge on any atom is 0.231 e. The summed E-state index contributed by atoms with van der Waals surface area (Å²) in [6.45, 7) is 7.70. The quantitative estimate of drug-likeness (QED) is 0.876. The van der Waals surface area contributed by atoms with E-state index in [2.05, 4.69) is 47.2 Å². The zero-order valence-corrected chi connectivity index (χ0v) is 14.2. The van der Waals surface area contributed by atoms with Crippen molar-refractivity contribution in [1.29, 1.82) is 0 Å². The standard InChI is InChI=1S/C19H23N3O2/c1-13(2)4-3-8-22-9-7-16-15(11-22)19(21-20-16)14-5-6-17-18(10-14)24-12-23-17/h3-6,10,13H,7-9,11-12H2,1-2H3,(H,20,21). The normalized spacial score (nSPS) is 17.0. The van der Waals surface area contributed by atoms with Crippen LogP contribution in [0, 0.1) is 5.92 Å². The molecule has 5 nitrogen and oxygen atoms in total. The molecule has 0 saturated heterocycles. The molecule has 0 amide bonds. The minimum Gasteiger partial charge on any atom is -0.454 e. The summed E-state index contributed by atoms with van der Waals surface area (Å²) >= 11 is 0. The van der Waals surface area contributed by atoms with Gasteiger partial charge in [0.15, 0.2) is 11.5 Å². The van der Waals surface area contributed by atoms with E-state index in [4.69, 9.17) is 9.47 Å². The van der Waals surface area contributed by atoms with Gasteiger partial charge in [0, 0.05) is 42.9 Å². The van der Waals surface area contributed by atoms with Crippen LogP contribution < -0.4 is 9.47 Å². The highest BCUT2D eigenvalue weighted by molar-refractivity contribution is 5.68. The summed E-state index contributed by atoms with van der Waals surface area (Å²) < 4.78 is 10.9. The van der Waals surface area contributed by atoms with Crippen LogP contribution in [0.25, 0.3) is 11.3 Å². The fraction of sp³-hybridized carbons (Fsp3) is 0.421. The van der Waals surface area contributed by atoms with Crippen LogP contribution in [0.3, 0.4) is 0 Å². The van der Waals surface area contributed by atoms with Crippen molar-refractivity contribution in [3.63, 3.8) is 0 Å². The van der Waals surface area contributed by atoms with Gasteiger partial charge >= 0.3 is 0 Å². The number of aromatic nitrogens is 2. The molecule has 0 spiro atoms. The molecule has 0 atom stereocenters. The lowest BCUT2D eigenvalue weighted by Crippen LogP contribution is -2.30. The third-order valence-corrected chi connectivity index (χ3v) is 4.54. The van der Waals surface area contributed by atoms with Crippen molar-refractivity contribution in [3.8, 4) is 22.8 Å². The van der Waals surface area contributed by atoms with Crippen LogP contribution in [-0.4, -0.2) is 35.0 Å². The summed E-state index contributed by atoms with van der Waals surface area (Å²) in [6.07, 6.45) is 5.56. The molecule has 24 heavy (non-hydrogen) atoms. The maximum atomic E-state index is 5.50. The number of ether oxygens (including phenoxy) is 2. The molecule has 0 saturated carbocycles. The minimum absolute atomic E-state index is 0.299. The Hall–Kier alpha value is -2.27. The van der Waals surface area contributed by atoms with Crippen molar-refractivity contribution in [3.05, 3.63) is 41.6 Å². The Bertz CT molecular complexity index is 764. The molecule has 0 radical (unpaired) electrons. The number of H-pyrrole nitrogens is 1. The molecule has 1 N–H and O–H groups in total. The molecule has 1 aromatic carbocycles. The third kappa shape index (κ3) is 2.91. The molecule has 0 aliphatic carbocycles. The van der Waals surface area contributed by atoms with Gasteiger partial charge in [0.1, 0.15) is 0 Å². The third-order valence-electron chi connectivity index (χ3n) is 4.54. The first-order chi connectivity index (χ1) is 11.7. The van der Waals surface area contributed by atoms with Crippen molar-refractivity contribution < 1.29 is 9.47 Å². The van der Waals surface area contributed by atoms with Crippen LogP contribution in [-0.2, 0) is 13.0 Å². The smallest absolute Gasteiger partial charge is 0.231 e. The molecule has 3 heterocycles. The van der Waals surface area contributed by atoms with Gasteiger partial charge in [-0.25, -0.2) is 0 Å². The van der Waals surface area contributed by atoms with Crippen LogP contribution in [0.2, 0.25) is 0 Å². The molecule has 2 aromatic rings. The Morgan fingerprint density at radius 2 is 2.17 bits per heavy atom. The van der Waals surface area contributed by atoms with E-state index in [0.29, 0.717) is 12.7 Å². The molecule has 0 unspecified atom stereocenters. The van der Waals surface area contributed by atoms with E-state index in [9.17, 15) is 0 Å². The summed E-state index contributed by atoms with van der Waals surface area (Å²) in [4.78, 5) is 2.47. The number of aromatic amines is 1. The second kappa shape index (κ2) is 6.32. The number of benzene rings is 1. The monoisotopic (exact) mass is 325 g/mol. The van der Waals surface area contributed by atoms with Gasteiger partial charge in [-0.1, -0.05) is 26.0 Å². The Morgan fingerprint density at radius 3 is 3.04 bits per heavy atom. The number of allylic oxidation sites excluding steroid dienone is 1. The molecule has 4 rings (SSSR count). The predicted octanol–water partition coefficient (Wildman–Crippen LogP) is 3.38. The van der Waals surface area contributed by atoms with Crippen molar-refractivity contribution in [2.75, 3.05) is 19.9 Å². The first kappa shape index (κ1) is 15.3. The van der Waals surface area contributed by atoms with Gasteiger partial charge in [0.25, 0.3) is 0 Å². The summed E-state index contributed by atoms with van der Waals surface area (Å²) in [5.41, 5.74) is 4.67. The van der Waals surface area contributed by atoms with E-state index in [0.717, 1.165) is 48.8 Å². The van der Waals surface area contributed by atoms with Gasteiger partial charge in [-0.2, -0.15) is 5.10 Å². The van der Waals surface area contributed by atoms with Gasteiger partial charge < -0.3 is 9.47 Å². The van der Waals surface area contributed by atoms with E-state index >= 15 is 0 Å². The molecule has 1 aromatic heterocycles. The van der Waals surface area contributed by atoms with E-state index in [-0.39, 0.29) is 0 Å². The van der Waals surface area contributed by atoms with E-state index in [1.165, 1.54) is 11.3 Å². The molecular weight excluding hydrogens is 302 g/mol. The van der Waals surface area contributed by atoms with Crippen molar-refractivity contribution in [2.24, 2.45) is 5.92 Å². The molecule has 2 aliphatic heterocycles. The topological polar surface area (TPSA) is 50.4 Å². The second-order valence-electron chi connectivity index (χ2n) is 6.75. The van der Waals surface area contributed by atoms with Crippen LogP contribution in [0.1, 0.15) is 25.1 Å². The van der Waals surface area contributed by atoms with Crippen LogP contribution in [0.5, 0.6) is 11.5 Å². The molecular formula is C19H23N3O2. The van der Waals surface area contributed by atoms with Gasteiger partial charge in [0.2, 0.25) is 6.79 Å².